The molecule has 6 N–H and O–H groups in total. The van der Waals surface area contributed by atoms with E-state index in [1.54, 1.807) is 6.92 Å². The standard InChI is InChI=1S/C19H33N3O14P2/c1-9-6-22(10(2)20-18(9)27)14-5-11(24)13(33-14)8-32-37(28,29)36-38(30,31)35-19-17(26)15(21(3)4)16(25)12(7-23)34-19/h6,11-17,19,23-26H,2,5,7-8H2,1,3-4H3,(H,20,27)(H,28,29)(H,30,31)/p-1/t11?,12?,13-,14-,15+,16-,17?,19-/m1/s1. The zero-order valence-electron chi connectivity index (χ0n) is 20.7. The number of hydrogen-bond acceptors (Lipinski definition) is 15. The summed E-state index contributed by atoms with van der Waals surface area (Å²) in [7, 11) is -8.12. The molecule has 0 saturated carbocycles. The van der Waals surface area contributed by atoms with E-state index >= 15 is 0 Å². The molecule has 3 aliphatic heterocycles. The van der Waals surface area contributed by atoms with Crippen molar-refractivity contribution in [1.82, 2.24) is 15.1 Å². The zero-order valence-corrected chi connectivity index (χ0v) is 22.5. The molecule has 0 aromatic heterocycles. The van der Waals surface area contributed by atoms with Gasteiger partial charge in [0, 0.05) is 18.2 Å². The fourth-order valence-corrected chi connectivity index (χ4v) is 6.28. The molecule has 2 saturated heterocycles. The van der Waals surface area contributed by atoms with Crippen LogP contribution in [0, 0.1) is 0 Å². The maximum Gasteiger partial charge on any atom is 0.478 e. The van der Waals surface area contributed by atoms with Crippen molar-refractivity contribution in [1.29, 1.82) is 0 Å². The summed E-state index contributed by atoms with van der Waals surface area (Å²) in [6.07, 6.45) is -8.28. The van der Waals surface area contributed by atoms with E-state index in [2.05, 4.69) is 25.3 Å². The zero-order chi connectivity index (χ0) is 28.6. The van der Waals surface area contributed by atoms with Gasteiger partial charge in [-0.3, -0.25) is 18.4 Å². The first kappa shape index (κ1) is 31.3. The van der Waals surface area contributed by atoms with Gasteiger partial charge in [0.25, 0.3) is 13.7 Å². The number of amides is 1. The summed E-state index contributed by atoms with van der Waals surface area (Å²) in [5.74, 6) is -0.182. The Morgan fingerprint density at radius 1 is 1.24 bits per heavy atom. The fraction of sp³-hybridized carbons (Fsp3) is 0.737. The summed E-state index contributed by atoms with van der Waals surface area (Å²) >= 11 is 0. The van der Waals surface area contributed by atoms with Crippen molar-refractivity contribution < 1.29 is 67.0 Å². The third-order valence-corrected chi connectivity index (χ3v) is 8.62. The number of likely N-dealkylation sites (N-methyl/N-ethyl adjacent to an activating group) is 1. The van der Waals surface area contributed by atoms with Crippen LogP contribution < -0.4 is 10.2 Å². The van der Waals surface area contributed by atoms with Crippen molar-refractivity contribution in [3.8, 4) is 0 Å². The van der Waals surface area contributed by atoms with E-state index in [0.717, 1.165) is 0 Å². The summed E-state index contributed by atoms with van der Waals surface area (Å²) in [6.45, 7) is 3.72. The smallest absolute Gasteiger partial charge is 0.478 e. The third kappa shape index (κ3) is 7.27. The van der Waals surface area contributed by atoms with E-state index in [1.807, 2.05) is 0 Å². The monoisotopic (exact) mass is 588 g/mol. The van der Waals surface area contributed by atoms with Crippen molar-refractivity contribution in [2.45, 2.75) is 62.4 Å². The van der Waals surface area contributed by atoms with Gasteiger partial charge in [-0.1, -0.05) is 6.58 Å². The first-order chi connectivity index (χ1) is 17.5. The van der Waals surface area contributed by atoms with Gasteiger partial charge in [0.05, 0.1) is 25.4 Å². The molecular formula is C19H32N3O14P2-. The number of hydrogen-bond donors (Lipinski definition) is 6. The molecule has 3 rings (SSSR count). The van der Waals surface area contributed by atoms with Crippen LogP contribution in [0.15, 0.2) is 24.2 Å². The van der Waals surface area contributed by atoms with Crippen LogP contribution in [0.2, 0.25) is 0 Å². The number of phosphoric ester groups is 2. The summed E-state index contributed by atoms with van der Waals surface area (Å²) in [4.78, 5) is 36.8. The van der Waals surface area contributed by atoms with Gasteiger partial charge in [-0.05, 0) is 21.0 Å². The van der Waals surface area contributed by atoms with Gasteiger partial charge in [-0.15, -0.1) is 0 Å². The normalized spacial score (nSPS) is 37.5. The Balaban J connectivity index is 1.59. The Morgan fingerprint density at radius 3 is 2.50 bits per heavy atom. The second-order valence-electron chi connectivity index (χ2n) is 9.11. The van der Waals surface area contributed by atoms with Crippen LogP contribution in [0.3, 0.4) is 0 Å². The molecule has 0 aliphatic carbocycles. The minimum atomic E-state index is -5.69. The number of aliphatic hydroxyl groups is 4. The van der Waals surface area contributed by atoms with Crippen LogP contribution in [0.25, 0.3) is 0 Å². The van der Waals surface area contributed by atoms with Gasteiger partial charge in [0.1, 0.15) is 36.5 Å². The number of nitrogens with zero attached hydrogens (tertiary/aromatic N) is 2. The molecule has 5 unspecified atom stereocenters. The highest BCUT2D eigenvalue weighted by molar-refractivity contribution is 7.60. The van der Waals surface area contributed by atoms with Crippen LogP contribution in [0.4, 0.5) is 0 Å². The molecule has 3 aliphatic rings. The maximum absolute atomic E-state index is 12.3. The van der Waals surface area contributed by atoms with E-state index in [1.165, 1.54) is 30.1 Å². The third-order valence-electron chi connectivity index (χ3n) is 6.06. The molecule has 0 aromatic carbocycles. The van der Waals surface area contributed by atoms with Crippen LogP contribution >= 0.6 is 15.6 Å². The summed E-state index contributed by atoms with van der Waals surface area (Å²) < 4.78 is 48.8. The molecule has 19 heteroatoms. The summed E-state index contributed by atoms with van der Waals surface area (Å²) in [6, 6.07) is -1.13. The number of nitrogens with one attached hydrogen (secondary N) is 1. The lowest BCUT2D eigenvalue weighted by molar-refractivity contribution is -0.293. The highest BCUT2D eigenvalue weighted by atomic mass is 31.3. The Kier molecular flexibility index (Phi) is 9.94. The second-order valence-corrected chi connectivity index (χ2v) is 12.1. The van der Waals surface area contributed by atoms with Crippen LogP contribution in [-0.4, -0.2) is 117 Å². The molecule has 3 heterocycles. The van der Waals surface area contributed by atoms with E-state index < -0.39 is 77.9 Å². The average molecular weight is 588 g/mol. The largest absolute Gasteiger partial charge is 0.756 e. The topological polar surface area (TPSA) is 240 Å². The fourth-order valence-electron chi connectivity index (χ4n) is 4.16. The number of aliphatic hydroxyl groups excluding tert-OH is 4. The quantitative estimate of drug-likeness (QED) is 0.142. The van der Waals surface area contributed by atoms with Crippen molar-refractivity contribution in [2.75, 3.05) is 27.3 Å². The van der Waals surface area contributed by atoms with Crippen molar-refractivity contribution in [3.63, 3.8) is 0 Å². The van der Waals surface area contributed by atoms with Crippen LogP contribution in [0.5, 0.6) is 0 Å². The second kappa shape index (κ2) is 12.1. The minimum Gasteiger partial charge on any atom is -0.756 e. The van der Waals surface area contributed by atoms with E-state index in [0.29, 0.717) is 5.57 Å². The first-order valence-electron chi connectivity index (χ1n) is 11.3. The van der Waals surface area contributed by atoms with E-state index in [9.17, 15) is 44.1 Å². The van der Waals surface area contributed by atoms with Crippen LogP contribution in [0.1, 0.15) is 13.3 Å². The summed E-state index contributed by atoms with van der Waals surface area (Å²) in [5.41, 5.74) is 0.346. The Morgan fingerprint density at radius 2 is 1.89 bits per heavy atom. The van der Waals surface area contributed by atoms with E-state index in [4.69, 9.17) is 9.47 Å². The van der Waals surface area contributed by atoms with Gasteiger partial charge in [-0.2, -0.15) is 0 Å². The van der Waals surface area contributed by atoms with Crippen molar-refractivity contribution in [3.05, 3.63) is 24.2 Å². The lowest BCUT2D eigenvalue weighted by Crippen LogP contribution is -2.63. The molecule has 1 amide bonds. The molecule has 17 nitrogen and oxygen atoms in total. The first-order valence-corrected chi connectivity index (χ1v) is 14.3. The van der Waals surface area contributed by atoms with Gasteiger partial charge in [0.15, 0.2) is 6.29 Å². The predicted molar refractivity (Wildman–Crippen MR) is 123 cm³/mol. The highest BCUT2D eigenvalue weighted by Crippen LogP contribution is 2.59. The van der Waals surface area contributed by atoms with Crippen molar-refractivity contribution >= 4 is 21.6 Å². The lowest BCUT2D eigenvalue weighted by Gasteiger charge is -2.45. The average Bonchev–Trinajstić information content (AvgIpc) is 3.16. The van der Waals surface area contributed by atoms with E-state index in [-0.39, 0.29) is 18.1 Å². The van der Waals surface area contributed by atoms with Gasteiger partial charge in [0.2, 0.25) is 0 Å². The minimum absolute atomic E-state index is 0.00569. The number of carbonyl (C=O) groups is 1. The molecule has 218 valence electrons. The Bertz CT molecular complexity index is 1030. The Labute approximate surface area is 218 Å². The molecular weight excluding hydrogens is 556 g/mol. The summed E-state index contributed by atoms with van der Waals surface area (Å²) in [5, 5.41) is 42.8. The highest BCUT2D eigenvalue weighted by Gasteiger charge is 2.48. The molecule has 10 atom stereocenters. The molecule has 0 spiro atoms. The lowest BCUT2D eigenvalue weighted by atomic mass is 9.95. The van der Waals surface area contributed by atoms with Crippen LogP contribution in [-0.2, 0) is 36.8 Å². The maximum atomic E-state index is 12.3. The molecule has 2 fully saturated rings. The Hall–Kier alpha value is -1.27. The van der Waals surface area contributed by atoms with Gasteiger partial charge < -0.3 is 54.8 Å². The number of phosphoric acid groups is 2. The number of ether oxygens (including phenoxy) is 2. The van der Waals surface area contributed by atoms with Gasteiger partial charge >= 0.3 is 7.82 Å². The SMILES string of the molecule is C=C1NC(=O)C(C)=CN1[C@H]1CC(O)[C@@H](COP(=O)(O)OP(=O)([O-])O[C@H]2OC(CO)[C@@H](O)[C@H](N(C)C)C2O)O1. The molecule has 0 bridgehead atoms. The predicted octanol–water partition coefficient (Wildman–Crippen LogP) is -2.74. The number of rotatable bonds is 10. The molecule has 0 aromatic rings. The number of carbonyl (C=O) groups excluding carboxylic acids is 1. The molecule has 0 radical (unpaired) electrons. The van der Waals surface area contributed by atoms with Gasteiger partial charge in [-0.25, -0.2) is 8.88 Å². The van der Waals surface area contributed by atoms with Crippen molar-refractivity contribution in [2.24, 2.45) is 0 Å². The molecule has 38 heavy (non-hydrogen) atoms.